The van der Waals surface area contributed by atoms with Gasteiger partial charge in [0.25, 0.3) is 10.0 Å². The summed E-state index contributed by atoms with van der Waals surface area (Å²) in [6, 6.07) is 4.05. The number of aromatic nitrogens is 2. The molecule has 13 heteroatoms. The maximum absolute atomic E-state index is 12.6. The zero-order valence-electron chi connectivity index (χ0n) is 15.8. The molecule has 158 valence electrons. The van der Waals surface area contributed by atoms with Crippen LogP contribution in [0.15, 0.2) is 44.2 Å². The van der Waals surface area contributed by atoms with Gasteiger partial charge in [-0.05, 0) is 25.1 Å². The summed E-state index contributed by atoms with van der Waals surface area (Å²) in [5.74, 6) is 1.47. The molecule has 1 aliphatic heterocycles. The summed E-state index contributed by atoms with van der Waals surface area (Å²) in [5, 5.41) is 0.274. The van der Waals surface area contributed by atoms with E-state index in [1.807, 2.05) is 6.92 Å². The molecule has 0 fully saturated rings. The molecule has 0 amide bonds. The first-order valence-electron chi connectivity index (χ1n) is 8.68. The van der Waals surface area contributed by atoms with Gasteiger partial charge in [0.1, 0.15) is 4.90 Å². The molecule has 3 rings (SSSR count). The van der Waals surface area contributed by atoms with Crippen LogP contribution in [0.1, 0.15) is 18.3 Å². The van der Waals surface area contributed by atoms with E-state index in [-0.39, 0.29) is 21.5 Å². The topological polar surface area (TPSA) is 133 Å². The Balaban J connectivity index is 1.67. The molecule has 2 aromatic rings. The number of nitrogens with one attached hydrogen (secondary N) is 3. The van der Waals surface area contributed by atoms with E-state index in [4.69, 9.17) is 0 Å². The maximum Gasteiger partial charge on any atom is 0.264 e. The highest BCUT2D eigenvalue weighted by Crippen LogP contribution is 2.33. The molecule has 2 heterocycles. The van der Waals surface area contributed by atoms with Crippen molar-refractivity contribution in [1.82, 2.24) is 19.4 Å². The molecule has 0 saturated heterocycles. The third-order valence-corrected chi connectivity index (χ3v) is 9.07. The average Bonchev–Trinajstić information content (AvgIpc) is 3.05. The van der Waals surface area contributed by atoms with Crippen molar-refractivity contribution in [1.29, 1.82) is 0 Å². The molecule has 1 aromatic carbocycles. The van der Waals surface area contributed by atoms with Crippen molar-refractivity contribution in [3.63, 3.8) is 0 Å². The van der Waals surface area contributed by atoms with Crippen molar-refractivity contribution >= 4 is 48.7 Å². The average molecular weight is 476 g/mol. The first-order chi connectivity index (χ1) is 13.7. The van der Waals surface area contributed by atoms with Gasteiger partial charge in [-0.25, -0.2) is 26.5 Å². The normalized spacial score (nSPS) is 17.1. The SMILES string of the molecule is CCNS(=O)(=O)c1ccc2c(c1)S(=O)(=O)NC(=NCCSCc1nc[nH]c1C)S2. The van der Waals surface area contributed by atoms with Gasteiger partial charge in [-0.3, -0.25) is 9.71 Å². The number of hydrogen-bond acceptors (Lipinski definition) is 8. The van der Waals surface area contributed by atoms with Crippen LogP contribution in [0.25, 0.3) is 0 Å². The lowest BCUT2D eigenvalue weighted by Gasteiger charge is -2.20. The fourth-order valence-electron chi connectivity index (χ4n) is 2.50. The van der Waals surface area contributed by atoms with E-state index in [0.29, 0.717) is 17.2 Å². The van der Waals surface area contributed by atoms with Gasteiger partial charge >= 0.3 is 0 Å². The van der Waals surface area contributed by atoms with E-state index < -0.39 is 20.0 Å². The van der Waals surface area contributed by atoms with Crippen molar-refractivity contribution in [3.05, 3.63) is 35.9 Å². The molecular weight excluding hydrogens is 454 g/mol. The van der Waals surface area contributed by atoms with E-state index >= 15 is 0 Å². The van der Waals surface area contributed by atoms with Gasteiger partial charge in [0.05, 0.1) is 23.5 Å². The first-order valence-corrected chi connectivity index (χ1v) is 13.6. The zero-order chi connectivity index (χ0) is 21.1. The summed E-state index contributed by atoms with van der Waals surface area (Å²) in [7, 11) is -7.63. The molecule has 1 aromatic heterocycles. The van der Waals surface area contributed by atoms with Crippen molar-refractivity contribution < 1.29 is 16.8 Å². The van der Waals surface area contributed by atoms with Gasteiger partial charge in [0.15, 0.2) is 5.17 Å². The molecule has 1 aliphatic rings. The second-order valence-corrected chi connectivity index (χ2v) is 11.6. The first kappa shape index (κ1) is 22.2. The van der Waals surface area contributed by atoms with Crippen LogP contribution in [-0.4, -0.2) is 50.8 Å². The highest BCUT2D eigenvalue weighted by Gasteiger charge is 2.29. The molecule has 0 aliphatic carbocycles. The zero-order valence-corrected chi connectivity index (χ0v) is 19.1. The van der Waals surface area contributed by atoms with Gasteiger partial charge in [0, 0.05) is 28.6 Å². The number of sulfonamides is 2. The van der Waals surface area contributed by atoms with Crippen LogP contribution in [-0.2, 0) is 25.8 Å². The van der Waals surface area contributed by atoms with Crippen LogP contribution in [0, 0.1) is 6.92 Å². The third kappa shape index (κ3) is 5.34. The Labute approximate surface area is 178 Å². The van der Waals surface area contributed by atoms with Crippen molar-refractivity contribution in [2.45, 2.75) is 34.3 Å². The quantitative estimate of drug-likeness (QED) is 0.495. The number of nitrogens with zero attached hydrogens (tertiary/aromatic N) is 2. The number of fused-ring (bicyclic) bond motifs is 1. The number of aromatic amines is 1. The van der Waals surface area contributed by atoms with Crippen molar-refractivity contribution in [2.24, 2.45) is 4.99 Å². The van der Waals surface area contributed by atoms with Gasteiger partial charge < -0.3 is 4.98 Å². The van der Waals surface area contributed by atoms with Gasteiger partial charge in [0.2, 0.25) is 10.0 Å². The molecule has 0 spiro atoms. The minimum absolute atomic E-state index is 0.0659. The van der Waals surface area contributed by atoms with Crippen LogP contribution in [0.2, 0.25) is 0 Å². The number of imidazole rings is 1. The van der Waals surface area contributed by atoms with Crippen LogP contribution in [0.4, 0.5) is 0 Å². The lowest BCUT2D eigenvalue weighted by Crippen LogP contribution is -2.33. The largest absolute Gasteiger partial charge is 0.348 e. The standard InChI is InChI=1S/C16H21N5O4S4/c1-3-20-28(22,23)12-4-5-14-15(8-12)29(24,25)21-16(27-14)17-6-7-26-9-13-11(2)18-10-19-13/h4-5,8,10,20H,3,6-7,9H2,1-2H3,(H,17,21)(H,18,19). The molecule has 0 bridgehead atoms. The summed E-state index contributed by atoms with van der Waals surface area (Å²) in [4.78, 5) is 11.9. The molecule has 9 nitrogen and oxygen atoms in total. The smallest absolute Gasteiger partial charge is 0.264 e. The Morgan fingerprint density at radius 1 is 1.34 bits per heavy atom. The van der Waals surface area contributed by atoms with E-state index in [9.17, 15) is 16.8 Å². The number of H-pyrrole nitrogens is 1. The fourth-order valence-corrected chi connectivity index (χ4v) is 7.12. The Morgan fingerprint density at radius 3 is 2.83 bits per heavy atom. The number of benzene rings is 1. The Kier molecular flexibility index (Phi) is 6.94. The molecular formula is C16H21N5O4S4. The van der Waals surface area contributed by atoms with Gasteiger partial charge in [-0.2, -0.15) is 11.8 Å². The lowest BCUT2D eigenvalue weighted by molar-refractivity contribution is 0.582. The van der Waals surface area contributed by atoms with Gasteiger partial charge in [-0.15, -0.1) is 0 Å². The van der Waals surface area contributed by atoms with Crippen LogP contribution < -0.4 is 9.44 Å². The van der Waals surface area contributed by atoms with E-state index in [1.54, 1.807) is 25.0 Å². The molecule has 0 radical (unpaired) electrons. The number of rotatable bonds is 8. The Hall–Kier alpha value is -1.54. The lowest BCUT2D eigenvalue weighted by atomic mass is 10.4. The Morgan fingerprint density at radius 2 is 2.14 bits per heavy atom. The predicted octanol–water partition coefficient (Wildman–Crippen LogP) is 1.69. The third-order valence-electron chi connectivity index (χ3n) is 3.94. The van der Waals surface area contributed by atoms with Crippen LogP contribution in [0.3, 0.4) is 0 Å². The number of amidine groups is 1. The maximum atomic E-state index is 12.6. The summed E-state index contributed by atoms with van der Waals surface area (Å²) >= 11 is 2.83. The minimum atomic E-state index is -3.89. The van der Waals surface area contributed by atoms with Crippen LogP contribution >= 0.6 is 23.5 Å². The fraction of sp³-hybridized carbons (Fsp3) is 0.375. The van der Waals surface area contributed by atoms with E-state index in [1.165, 1.54) is 30.0 Å². The van der Waals surface area contributed by atoms with Crippen LogP contribution in [0.5, 0.6) is 0 Å². The van der Waals surface area contributed by atoms with E-state index in [2.05, 4.69) is 24.4 Å². The summed E-state index contributed by atoms with van der Waals surface area (Å²) in [6.07, 6.45) is 1.66. The monoisotopic (exact) mass is 475 g/mol. The molecule has 0 atom stereocenters. The van der Waals surface area contributed by atoms with E-state index in [0.717, 1.165) is 17.1 Å². The highest BCUT2D eigenvalue weighted by atomic mass is 32.2. The predicted molar refractivity (Wildman–Crippen MR) is 115 cm³/mol. The van der Waals surface area contributed by atoms with Gasteiger partial charge in [-0.1, -0.05) is 18.7 Å². The Bertz CT molecular complexity index is 1130. The highest BCUT2D eigenvalue weighted by molar-refractivity contribution is 8.16. The molecule has 29 heavy (non-hydrogen) atoms. The number of aryl methyl sites for hydroxylation is 1. The second-order valence-electron chi connectivity index (χ2n) is 6.03. The summed E-state index contributed by atoms with van der Waals surface area (Å²) < 4.78 is 54.2. The molecule has 0 saturated carbocycles. The second kappa shape index (κ2) is 9.08. The number of hydrogen-bond donors (Lipinski definition) is 3. The van der Waals surface area contributed by atoms with Crippen molar-refractivity contribution in [3.8, 4) is 0 Å². The van der Waals surface area contributed by atoms with Crippen molar-refractivity contribution in [2.75, 3.05) is 18.8 Å². The molecule has 0 unspecified atom stereocenters. The minimum Gasteiger partial charge on any atom is -0.348 e. The number of aliphatic imine (C=N–C) groups is 1. The molecule has 3 N–H and O–H groups in total. The summed E-state index contributed by atoms with van der Waals surface area (Å²) in [5.41, 5.74) is 2.03. The summed E-state index contributed by atoms with van der Waals surface area (Å²) in [6.45, 7) is 4.28. The number of thioether (sulfide) groups is 2.